The van der Waals surface area contributed by atoms with E-state index in [1.54, 1.807) is 0 Å². The van der Waals surface area contributed by atoms with Gasteiger partial charge in [0.05, 0.1) is 10.2 Å². The van der Waals surface area contributed by atoms with Crippen LogP contribution >= 0.6 is 15.9 Å². The van der Waals surface area contributed by atoms with E-state index in [9.17, 15) is 4.79 Å². The van der Waals surface area contributed by atoms with Crippen LogP contribution < -0.4 is 5.32 Å². The molecule has 2 heterocycles. The number of aromatic nitrogens is 2. The average molecular weight is 385 g/mol. The first-order chi connectivity index (χ1) is 10.8. The van der Waals surface area contributed by atoms with Gasteiger partial charge in [-0.1, -0.05) is 27.7 Å². The summed E-state index contributed by atoms with van der Waals surface area (Å²) < 4.78 is 0.775. The van der Waals surface area contributed by atoms with Crippen molar-refractivity contribution in [3.8, 4) is 0 Å². The van der Waals surface area contributed by atoms with Gasteiger partial charge in [-0.05, 0) is 47.0 Å². The zero-order valence-corrected chi connectivity index (χ0v) is 16.4. The predicted molar refractivity (Wildman–Crippen MR) is 96.7 cm³/mol. The van der Waals surface area contributed by atoms with E-state index >= 15 is 0 Å². The van der Waals surface area contributed by atoms with Crippen LogP contribution in [0.3, 0.4) is 0 Å². The minimum absolute atomic E-state index is 0.103. The van der Waals surface area contributed by atoms with E-state index in [0.717, 1.165) is 41.6 Å². The van der Waals surface area contributed by atoms with Crippen molar-refractivity contribution in [1.29, 1.82) is 0 Å². The van der Waals surface area contributed by atoms with Crippen LogP contribution in [0.5, 0.6) is 0 Å². The van der Waals surface area contributed by atoms with Crippen molar-refractivity contribution in [2.75, 3.05) is 19.6 Å². The Morgan fingerprint density at radius 1 is 1.35 bits per heavy atom. The molecule has 1 fully saturated rings. The van der Waals surface area contributed by atoms with Crippen molar-refractivity contribution in [3.05, 3.63) is 15.9 Å². The number of rotatable bonds is 5. The maximum Gasteiger partial charge on any atom is 0.273 e. The van der Waals surface area contributed by atoms with E-state index in [4.69, 9.17) is 0 Å². The summed E-state index contributed by atoms with van der Waals surface area (Å²) in [5, 5.41) is 10.2. The highest BCUT2D eigenvalue weighted by Gasteiger charge is 2.25. The first-order valence-electron chi connectivity index (χ1n) is 8.54. The predicted octanol–water partition coefficient (Wildman–Crippen LogP) is 3.39. The number of hydrogen-bond acceptors (Lipinski definition) is 3. The van der Waals surface area contributed by atoms with Crippen LogP contribution in [-0.2, 0) is 0 Å². The number of carbonyl (C=O) groups is 1. The molecule has 0 aliphatic carbocycles. The number of amides is 1. The van der Waals surface area contributed by atoms with Crippen molar-refractivity contribution < 1.29 is 4.79 Å². The molecule has 0 radical (unpaired) electrons. The molecule has 3 atom stereocenters. The molecule has 130 valence electrons. The molecule has 1 amide bonds. The molecule has 1 aliphatic rings. The lowest BCUT2D eigenvalue weighted by atomic mass is 9.92. The molecule has 1 aliphatic heterocycles. The van der Waals surface area contributed by atoms with Crippen molar-refractivity contribution in [1.82, 2.24) is 20.4 Å². The fourth-order valence-electron chi connectivity index (χ4n) is 3.54. The Hall–Kier alpha value is -0.880. The van der Waals surface area contributed by atoms with Crippen LogP contribution in [-0.4, -0.2) is 46.7 Å². The minimum atomic E-state index is -0.120. The third kappa shape index (κ3) is 4.80. The number of nitrogens with zero attached hydrogens (tertiary/aromatic N) is 2. The molecule has 0 saturated carbocycles. The third-order valence-corrected chi connectivity index (χ3v) is 5.18. The largest absolute Gasteiger partial charge is 0.347 e. The van der Waals surface area contributed by atoms with Crippen LogP contribution in [0.25, 0.3) is 0 Å². The van der Waals surface area contributed by atoms with E-state index < -0.39 is 0 Å². The lowest BCUT2D eigenvalue weighted by Crippen LogP contribution is -2.47. The number of likely N-dealkylation sites (tertiary alicyclic amines) is 1. The Morgan fingerprint density at radius 2 is 1.96 bits per heavy atom. The number of nitrogens with one attached hydrogen (secondary N) is 2. The molecule has 1 aromatic rings. The normalized spacial score (nSPS) is 24.0. The monoisotopic (exact) mass is 384 g/mol. The highest BCUT2D eigenvalue weighted by Crippen LogP contribution is 2.25. The first kappa shape index (κ1) is 18.5. The van der Waals surface area contributed by atoms with E-state index in [-0.39, 0.29) is 11.9 Å². The molecular formula is C17H29BrN4O. The summed E-state index contributed by atoms with van der Waals surface area (Å²) in [5.41, 5.74) is 1.41. The van der Waals surface area contributed by atoms with Crippen molar-refractivity contribution in [2.45, 2.75) is 53.0 Å². The van der Waals surface area contributed by atoms with Gasteiger partial charge in [0.2, 0.25) is 0 Å². The molecule has 1 aromatic heterocycles. The standard InChI is InChI=1S/C17H29BrN4O/c1-10(2)15-14(18)16(21-20-15)17(23)19-13(5)9-22-7-11(3)6-12(4)8-22/h10-13H,6-9H2,1-5H3,(H,19,23)(H,20,21). The van der Waals surface area contributed by atoms with Crippen LogP contribution in [0.15, 0.2) is 4.47 Å². The molecule has 5 nitrogen and oxygen atoms in total. The zero-order valence-electron chi connectivity index (χ0n) is 14.8. The van der Waals surface area contributed by atoms with Crippen molar-refractivity contribution in [2.24, 2.45) is 11.8 Å². The number of hydrogen-bond donors (Lipinski definition) is 2. The van der Waals surface area contributed by atoms with Gasteiger partial charge in [0.15, 0.2) is 5.69 Å². The summed E-state index contributed by atoms with van der Waals surface area (Å²) in [6, 6.07) is 0.103. The molecular weight excluding hydrogens is 356 g/mol. The number of halogens is 1. The highest BCUT2D eigenvalue weighted by molar-refractivity contribution is 9.10. The van der Waals surface area contributed by atoms with Gasteiger partial charge in [-0.15, -0.1) is 0 Å². The molecule has 6 heteroatoms. The number of aromatic amines is 1. The van der Waals surface area contributed by atoms with Gasteiger partial charge in [-0.25, -0.2) is 0 Å². The smallest absolute Gasteiger partial charge is 0.273 e. The van der Waals surface area contributed by atoms with Gasteiger partial charge in [-0.2, -0.15) is 5.10 Å². The first-order valence-corrected chi connectivity index (χ1v) is 9.34. The summed E-state index contributed by atoms with van der Waals surface area (Å²) in [7, 11) is 0. The van der Waals surface area contributed by atoms with E-state index in [1.807, 2.05) is 0 Å². The van der Waals surface area contributed by atoms with E-state index in [0.29, 0.717) is 11.6 Å². The Morgan fingerprint density at radius 3 is 2.48 bits per heavy atom. The van der Waals surface area contributed by atoms with Crippen molar-refractivity contribution in [3.63, 3.8) is 0 Å². The van der Waals surface area contributed by atoms with Gasteiger partial charge in [-0.3, -0.25) is 9.89 Å². The average Bonchev–Trinajstić information content (AvgIpc) is 2.79. The maximum absolute atomic E-state index is 12.4. The number of piperidine rings is 1. The second-order valence-corrected chi connectivity index (χ2v) is 8.29. The topological polar surface area (TPSA) is 61.0 Å². The maximum atomic E-state index is 12.4. The minimum Gasteiger partial charge on any atom is -0.347 e. The molecule has 1 saturated heterocycles. The Labute approximate surface area is 147 Å². The summed E-state index contributed by atoms with van der Waals surface area (Å²) >= 11 is 3.49. The van der Waals surface area contributed by atoms with Crippen molar-refractivity contribution >= 4 is 21.8 Å². The van der Waals surface area contributed by atoms with Gasteiger partial charge in [0.1, 0.15) is 0 Å². The van der Waals surface area contributed by atoms with E-state index in [1.165, 1.54) is 6.42 Å². The zero-order chi connectivity index (χ0) is 17.1. The molecule has 0 aromatic carbocycles. The highest BCUT2D eigenvalue weighted by atomic mass is 79.9. The molecule has 23 heavy (non-hydrogen) atoms. The van der Waals surface area contributed by atoms with Gasteiger partial charge < -0.3 is 10.2 Å². The second-order valence-electron chi connectivity index (χ2n) is 7.49. The Bertz CT molecular complexity index is 533. The Balaban J connectivity index is 1.92. The lowest BCUT2D eigenvalue weighted by Gasteiger charge is -2.36. The van der Waals surface area contributed by atoms with E-state index in [2.05, 4.69) is 71.0 Å². The summed E-state index contributed by atoms with van der Waals surface area (Å²) in [4.78, 5) is 14.9. The summed E-state index contributed by atoms with van der Waals surface area (Å²) in [6.45, 7) is 13.9. The van der Waals surface area contributed by atoms with Gasteiger partial charge in [0.25, 0.3) is 5.91 Å². The fraction of sp³-hybridized carbons (Fsp3) is 0.765. The van der Waals surface area contributed by atoms with Crippen LogP contribution in [0.2, 0.25) is 0 Å². The summed E-state index contributed by atoms with van der Waals surface area (Å²) in [6.07, 6.45) is 1.30. The lowest BCUT2D eigenvalue weighted by molar-refractivity contribution is 0.0899. The van der Waals surface area contributed by atoms with Gasteiger partial charge in [0, 0.05) is 25.7 Å². The van der Waals surface area contributed by atoms with Crippen LogP contribution in [0.1, 0.15) is 63.1 Å². The third-order valence-electron chi connectivity index (χ3n) is 4.38. The van der Waals surface area contributed by atoms with Crippen LogP contribution in [0, 0.1) is 11.8 Å². The number of H-pyrrole nitrogens is 1. The molecule has 3 unspecified atom stereocenters. The van der Waals surface area contributed by atoms with Crippen LogP contribution in [0.4, 0.5) is 0 Å². The quantitative estimate of drug-likeness (QED) is 0.817. The SMILES string of the molecule is CC1CC(C)CN(CC(C)NC(=O)c2n[nH]c(C(C)C)c2Br)C1. The van der Waals surface area contributed by atoms with Gasteiger partial charge >= 0.3 is 0 Å². The molecule has 0 spiro atoms. The molecule has 2 N–H and O–H groups in total. The molecule has 2 rings (SSSR count). The fourth-order valence-corrected chi connectivity index (χ4v) is 4.36. The summed E-state index contributed by atoms with van der Waals surface area (Å²) in [5.74, 6) is 1.64. The number of carbonyl (C=O) groups excluding carboxylic acids is 1. The Kier molecular flexibility index (Phi) is 6.26. The second kappa shape index (κ2) is 7.79. The molecule has 0 bridgehead atoms.